The average molecular weight is 250 g/mol. The maximum absolute atomic E-state index is 11.0. The van der Waals surface area contributed by atoms with Crippen LogP contribution in [-0.2, 0) is 5.54 Å². The molecule has 0 bridgehead atoms. The third-order valence-corrected chi connectivity index (χ3v) is 2.66. The van der Waals surface area contributed by atoms with Crippen molar-refractivity contribution in [2.24, 2.45) is 0 Å². The highest BCUT2D eigenvalue weighted by molar-refractivity contribution is 7.71. The fourth-order valence-corrected chi connectivity index (χ4v) is 2.07. The Morgan fingerprint density at radius 3 is 2.59 bits per heavy atom. The molecule has 6 heteroatoms. The van der Waals surface area contributed by atoms with E-state index in [2.05, 4.69) is 15.2 Å². The fraction of sp³-hybridized carbons (Fsp3) is 0.364. The van der Waals surface area contributed by atoms with E-state index in [0.29, 0.717) is 4.77 Å². The summed E-state index contributed by atoms with van der Waals surface area (Å²) >= 11 is 5.22. The molecule has 2 aromatic heterocycles. The molecule has 0 spiro atoms. The largest absolute Gasteiger partial charge is 0.328 e. The molecule has 2 heterocycles. The maximum atomic E-state index is 11.0. The molecule has 2 N–H and O–H groups in total. The summed E-state index contributed by atoms with van der Waals surface area (Å²) in [6.07, 6.45) is 1.63. The van der Waals surface area contributed by atoms with Crippen LogP contribution in [0, 0.1) is 4.77 Å². The van der Waals surface area contributed by atoms with Crippen molar-refractivity contribution in [1.82, 2.24) is 19.7 Å². The van der Waals surface area contributed by atoms with Crippen molar-refractivity contribution in [1.29, 1.82) is 0 Å². The molecule has 0 aromatic carbocycles. The molecule has 0 saturated carbocycles. The van der Waals surface area contributed by atoms with Gasteiger partial charge in [-0.15, -0.1) is 0 Å². The minimum atomic E-state index is -0.171. The lowest BCUT2D eigenvalue weighted by atomic mass is 10.1. The van der Waals surface area contributed by atoms with Crippen molar-refractivity contribution in [3.05, 3.63) is 33.5 Å². The molecule has 5 nitrogen and oxygen atoms in total. The number of aromatic nitrogens is 4. The highest BCUT2D eigenvalue weighted by Crippen LogP contribution is 2.23. The Labute approximate surface area is 104 Å². The Kier molecular flexibility index (Phi) is 2.74. The number of pyridine rings is 1. The molecule has 0 aliphatic carbocycles. The van der Waals surface area contributed by atoms with Gasteiger partial charge in [-0.25, -0.2) is 0 Å². The van der Waals surface area contributed by atoms with E-state index in [1.165, 1.54) is 6.07 Å². The van der Waals surface area contributed by atoms with Gasteiger partial charge in [0.1, 0.15) is 0 Å². The summed E-state index contributed by atoms with van der Waals surface area (Å²) in [6.45, 7) is 6.15. The number of hydrogen-bond acceptors (Lipinski definition) is 3. The van der Waals surface area contributed by atoms with E-state index < -0.39 is 0 Å². The Morgan fingerprint density at radius 2 is 2.06 bits per heavy atom. The van der Waals surface area contributed by atoms with Crippen LogP contribution in [-0.4, -0.2) is 19.7 Å². The van der Waals surface area contributed by atoms with E-state index in [1.807, 2.05) is 25.3 Å². The Balaban J connectivity index is 2.65. The molecule has 0 amide bonds. The molecular formula is C11H14N4OS. The lowest BCUT2D eigenvalue weighted by Crippen LogP contribution is -2.23. The summed E-state index contributed by atoms with van der Waals surface area (Å²) in [5.74, 6) is 0.721. The second-order valence-electron chi connectivity index (χ2n) is 4.80. The van der Waals surface area contributed by atoms with Gasteiger partial charge in [-0.2, -0.15) is 5.10 Å². The van der Waals surface area contributed by atoms with Crippen LogP contribution in [0.3, 0.4) is 0 Å². The van der Waals surface area contributed by atoms with Gasteiger partial charge < -0.3 is 4.98 Å². The normalized spacial score (nSPS) is 11.7. The molecule has 0 unspecified atom stereocenters. The van der Waals surface area contributed by atoms with E-state index in [4.69, 9.17) is 12.2 Å². The topological polar surface area (TPSA) is 66.5 Å². The summed E-state index contributed by atoms with van der Waals surface area (Å²) in [5.41, 5.74) is 0.521. The first-order chi connectivity index (χ1) is 7.89. The third-order valence-electron chi connectivity index (χ3n) is 2.39. The van der Waals surface area contributed by atoms with Gasteiger partial charge >= 0.3 is 0 Å². The van der Waals surface area contributed by atoms with E-state index >= 15 is 0 Å². The zero-order valence-electron chi connectivity index (χ0n) is 9.94. The van der Waals surface area contributed by atoms with Crippen LogP contribution in [0.5, 0.6) is 0 Å². The molecule has 0 fully saturated rings. The van der Waals surface area contributed by atoms with Crippen LogP contribution < -0.4 is 5.56 Å². The molecule has 0 radical (unpaired) electrons. The quantitative estimate of drug-likeness (QED) is 0.761. The predicted octanol–water partition coefficient (Wildman–Crippen LogP) is 2.05. The Bertz CT molecular complexity index is 624. The van der Waals surface area contributed by atoms with Gasteiger partial charge in [0.15, 0.2) is 10.6 Å². The van der Waals surface area contributed by atoms with Gasteiger partial charge in [0.05, 0.1) is 0 Å². The molecule has 0 aliphatic heterocycles. The molecule has 0 aliphatic rings. The van der Waals surface area contributed by atoms with Gasteiger partial charge in [0.2, 0.25) is 5.56 Å². The van der Waals surface area contributed by atoms with E-state index in [9.17, 15) is 4.79 Å². The van der Waals surface area contributed by atoms with E-state index in [1.54, 1.807) is 12.3 Å². The average Bonchev–Trinajstić information content (AvgIpc) is 2.61. The number of nitrogens with one attached hydrogen (secondary N) is 2. The Hall–Kier alpha value is -1.69. The molecule has 2 aromatic rings. The van der Waals surface area contributed by atoms with Gasteiger partial charge in [-0.1, -0.05) is 0 Å². The number of rotatable bonds is 1. The summed E-state index contributed by atoms with van der Waals surface area (Å²) in [6, 6.07) is 3.20. The van der Waals surface area contributed by atoms with Gasteiger partial charge in [0, 0.05) is 23.4 Å². The van der Waals surface area contributed by atoms with Crippen LogP contribution in [0.25, 0.3) is 11.4 Å². The molecule has 2 rings (SSSR count). The number of aromatic amines is 2. The second kappa shape index (κ2) is 3.96. The van der Waals surface area contributed by atoms with Crippen molar-refractivity contribution in [2.45, 2.75) is 26.3 Å². The van der Waals surface area contributed by atoms with Crippen molar-refractivity contribution in [2.75, 3.05) is 0 Å². The van der Waals surface area contributed by atoms with E-state index in [0.717, 1.165) is 11.4 Å². The minimum absolute atomic E-state index is 0.134. The van der Waals surface area contributed by atoms with E-state index in [-0.39, 0.29) is 11.1 Å². The first-order valence-electron chi connectivity index (χ1n) is 5.26. The molecule has 0 saturated heterocycles. The van der Waals surface area contributed by atoms with Gasteiger partial charge in [0.25, 0.3) is 0 Å². The zero-order valence-corrected chi connectivity index (χ0v) is 10.8. The first-order valence-corrected chi connectivity index (χ1v) is 5.67. The minimum Gasteiger partial charge on any atom is -0.328 e. The van der Waals surface area contributed by atoms with Crippen LogP contribution in [0.2, 0.25) is 0 Å². The number of hydrogen-bond donors (Lipinski definition) is 2. The van der Waals surface area contributed by atoms with Crippen LogP contribution >= 0.6 is 12.2 Å². The number of nitrogens with zero attached hydrogens (tertiary/aromatic N) is 2. The van der Waals surface area contributed by atoms with Crippen molar-refractivity contribution >= 4 is 12.2 Å². The van der Waals surface area contributed by atoms with Crippen LogP contribution in [0.1, 0.15) is 20.8 Å². The molecule has 0 atom stereocenters. The van der Waals surface area contributed by atoms with Crippen molar-refractivity contribution < 1.29 is 0 Å². The number of H-pyrrole nitrogens is 2. The lowest BCUT2D eigenvalue weighted by Gasteiger charge is -2.22. The lowest BCUT2D eigenvalue weighted by molar-refractivity contribution is 0.395. The van der Waals surface area contributed by atoms with Gasteiger partial charge in [-0.3, -0.25) is 14.5 Å². The first kappa shape index (κ1) is 11.8. The maximum Gasteiger partial charge on any atom is 0.247 e. The SMILES string of the molecule is CC(C)(C)n1c(-c2ccc(=O)[nH]c2)n[nH]c1=S. The summed E-state index contributed by atoms with van der Waals surface area (Å²) in [4.78, 5) is 13.7. The summed E-state index contributed by atoms with van der Waals surface area (Å²) < 4.78 is 2.49. The monoisotopic (exact) mass is 250 g/mol. The predicted molar refractivity (Wildman–Crippen MR) is 68.5 cm³/mol. The summed E-state index contributed by atoms with van der Waals surface area (Å²) in [7, 11) is 0. The zero-order chi connectivity index (χ0) is 12.6. The second-order valence-corrected chi connectivity index (χ2v) is 5.19. The van der Waals surface area contributed by atoms with Gasteiger partial charge in [-0.05, 0) is 39.1 Å². The van der Waals surface area contributed by atoms with Crippen LogP contribution in [0.15, 0.2) is 23.1 Å². The third kappa shape index (κ3) is 2.21. The molecule has 90 valence electrons. The molecule has 17 heavy (non-hydrogen) atoms. The summed E-state index contributed by atoms with van der Waals surface area (Å²) in [5, 5.41) is 6.99. The standard InChI is InChI=1S/C11H14N4OS/c1-11(2,3)15-9(13-14-10(15)17)7-4-5-8(16)12-6-7/h4-6H,1-3H3,(H,12,16)(H,14,17). The molecular weight excluding hydrogens is 236 g/mol. The van der Waals surface area contributed by atoms with Crippen molar-refractivity contribution in [3.8, 4) is 11.4 Å². The van der Waals surface area contributed by atoms with Crippen molar-refractivity contribution in [3.63, 3.8) is 0 Å². The Morgan fingerprint density at radius 1 is 1.35 bits per heavy atom. The highest BCUT2D eigenvalue weighted by atomic mass is 32.1. The van der Waals surface area contributed by atoms with Crippen LogP contribution in [0.4, 0.5) is 0 Å². The fourth-order valence-electron chi connectivity index (χ4n) is 1.66. The highest BCUT2D eigenvalue weighted by Gasteiger charge is 2.20. The smallest absolute Gasteiger partial charge is 0.247 e.